The summed E-state index contributed by atoms with van der Waals surface area (Å²) in [5.41, 5.74) is -2.19. The number of esters is 4. The summed E-state index contributed by atoms with van der Waals surface area (Å²) in [4.78, 5) is 73.2. The quantitative estimate of drug-likeness (QED) is 0.0328. The van der Waals surface area contributed by atoms with Gasteiger partial charge in [0.15, 0.2) is 0 Å². The van der Waals surface area contributed by atoms with Crippen molar-refractivity contribution in [3.63, 3.8) is 0 Å². The fourth-order valence-corrected chi connectivity index (χ4v) is 20.7. The Morgan fingerprint density at radius 1 is 0.250 bits per heavy atom. The molecule has 0 aliphatic carbocycles. The van der Waals surface area contributed by atoms with Gasteiger partial charge in [0.1, 0.15) is 24.4 Å². The molecule has 0 N–H and O–H groups in total. The summed E-state index contributed by atoms with van der Waals surface area (Å²) in [5.74, 6) is -5.04. The summed E-state index contributed by atoms with van der Waals surface area (Å²) in [6.07, 6.45) is 62.7. The Labute approximate surface area is 670 Å². The van der Waals surface area contributed by atoms with E-state index in [1.165, 1.54) is 257 Å². The zero-order valence-corrected chi connectivity index (χ0v) is 75.5. The van der Waals surface area contributed by atoms with Gasteiger partial charge in [-0.3, -0.25) is 38.8 Å². The number of carbonyl (C=O) groups is 4. The third-order valence-electron chi connectivity index (χ3n) is 28.8. The third-order valence-corrected chi connectivity index (χ3v) is 28.8. The highest BCUT2D eigenvalue weighted by atomic mass is 16.6. The van der Waals surface area contributed by atoms with Gasteiger partial charge in [0, 0.05) is 95.7 Å². The van der Waals surface area contributed by atoms with Crippen molar-refractivity contribution in [1.82, 2.24) is 19.6 Å². The Kier molecular flexibility index (Phi) is 45.6. The Bertz CT molecular complexity index is 2280. The SMILES string of the molecule is CCCCCCCCCCCCCC1(C)CC(OC(=O)CC(C(=O)OC2CC(C)(C)N(C)C(C)(CCCCCCCCCCCCC)C2)C(CC(=O)OC2CC(C)(C)N(C)C(C)(CCCCCCCCCCCCC)C2)C(=O)OC2CC(C)(C)N(C)C(C)(CCCCCCCCCCCCC)C2)CC(C)(C)N1C. The van der Waals surface area contributed by atoms with Gasteiger partial charge in [-0.15, -0.1) is 0 Å². The van der Waals surface area contributed by atoms with Gasteiger partial charge in [-0.25, -0.2) is 0 Å². The van der Waals surface area contributed by atoms with Crippen LogP contribution in [0.3, 0.4) is 0 Å². The van der Waals surface area contributed by atoms with E-state index < -0.39 is 73.0 Å². The van der Waals surface area contributed by atoms with E-state index in [9.17, 15) is 0 Å². The van der Waals surface area contributed by atoms with Crippen molar-refractivity contribution in [1.29, 1.82) is 0 Å². The van der Waals surface area contributed by atoms with Crippen molar-refractivity contribution in [3.8, 4) is 0 Å². The number of hydrogen-bond donors (Lipinski definition) is 0. The molecule has 0 aromatic heterocycles. The average Bonchev–Trinajstić information content (AvgIpc) is 0.794. The number of piperidine rings is 4. The van der Waals surface area contributed by atoms with Crippen molar-refractivity contribution in [2.24, 2.45) is 11.8 Å². The molecule has 4 saturated heterocycles. The molecule has 12 heteroatoms. The van der Waals surface area contributed by atoms with E-state index >= 15 is 19.2 Å². The van der Waals surface area contributed by atoms with Crippen LogP contribution >= 0.6 is 0 Å². The van der Waals surface area contributed by atoms with Crippen molar-refractivity contribution in [2.75, 3.05) is 28.2 Å². The van der Waals surface area contributed by atoms with E-state index in [-0.39, 0.29) is 44.3 Å². The van der Waals surface area contributed by atoms with Crippen molar-refractivity contribution in [3.05, 3.63) is 0 Å². The van der Waals surface area contributed by atoms with Gasteiger partial charge in [0.05, 0.1) is 24.7 Å². The summed E-state index contributed by atoms with van der Waals surface area (Å²) in [6, 6.07) is 0. The van der Waals surface area contributed by atoms with Gasteiger partial charge >= 0.3 is 23.9 Å². The van der Waals surface area contributed by atoms with Crippen LogP contribution in [0.25, 0.3) is 0 Å². The number of rotatable bonds is 59. The average molecular weight is 1520 g/mol. The van der Waals surface area contributed by atoms with Crippen LogP contribution in [0, 0.1) is 11.8 Å². The van der Waals surface area contributed by atoms with Gasteiger partial charge in [-0.1, -0.05) is 310 Å². The Morgan fingerprint density at radius 3 is 0.583 bits per heavy atom. The highest BCUT2D eigenvalue weighted by molar-refractivity contribution is 5.89. The molecule has 10 unspecified atom stereocenters. The number of carbonyl (C=O) groups excluding carboxylic acids is 4. The molecule has 0 aromatic carbocycles. The summed E-state index contributed by atoms with van der Waals surface area (Å²) in [5, 5.41) is 0. The van der Waals surface area contributed by atoms with Gasteiger partial charge in [0.25, 0.3) is 0 Å². The standard InChI is InChI=1S/C96H182N4O8/c1-21-25-29-33-37-41-45-49-53-57-61-65-93(13)75-79(71-89(5,6)97(93)17)105-85(101)69-83(87(103)107-81-73-91(9,10)99(19)95(15,77-81)67-63-59-55-51-47-43-39-35-31-27-23-3)84(88(104)108-82-74-92(11,12)100(20)96(16,78-82)68-64-60-56-52-48-44-40-36-32-28-24-4)70-86(102)106-80-72-90(7,8)98(18)94(14,76-80)66-62-58-54-50-46-42-38-34-30-26-22-2/h79-84H,21-78H2,1-20H3. The van der Waals surface area contributed by atoms with E-state index in [0.717, 1.165) is 51.4 Å². The second-order valence-electron chi connectivity index (χ2n) is 40.2. The van der Waals surface area contributed by atoms with Crippen molar-refractivity contribution in [2.45, 2.75) is 552 Å². The van der Waals surface area contributed by atoms with E-state index in [0.29, 0.717) is 51.4 Å². The molecule has 0 saturated carbocycles. The predicted molar refractivity (Wildman–Crippen MR) is 458 cm³/mol. The zero-order valence-electron chi connectivity index (χ0n) is 75.5. The van der Waals surface area contributed by atoms with E-state index in [1.54, 1.807) is 0 Å². The minimum absolute atomic E-state index is 0.226. The number of unbranched alkanes of at least 4 members (excludes halogenated alkanes) is 40. The van der Waals surface area contributed by atoms with E-state index in [1.807, 2.05) is 0 Å². The molecule has 4 aliphatic rings. The lowest BCUT2D eigenvalue weighted by Gasteiger charge is -2.55. The first kappa shape index (κ1) is 98.1. The van der Waals surface area contributed by atoms with Crippen LogP contribution in [0.15, 0.2) is 0 Å². The maximum Gasteiger partial charge on any atom is 0.310 e. The first-order chi connectivity index (χ1) is 51.2. The zero-order chi connectivity index (χ0) is 79.9. The van der Waals surface area contributed by atoms with Gasteiger partial charge < -0.3 is 18.9 Å². The Morgan fingerprint density at radius 2 is 0.407 bits per heavy atom. The first-order valence-corrected chi connectivity index (χ1v) is 46.9. The van der Waals surface area contributed by atoms with Gasteiger partial charge in [0.2, 0.25) is 0 Å². The molecule has 4 heterocycles. The van der Waals surface area contributed by atoms with Crippen LogP contribution in [-0.2, 0) is 38.1 Å². The maximum atomic E-state index is 16.1. The smallest absolute Gasteiger partial charge is 0.310 e. The normalized spacial score (nSPS) is 26.6. The minimum Gasteiger partial charge on any atom is -0.462 e. The van der Waals surface area contributed by atoms with Crippen molar-refractivity contribution < 1.29 is 38.1 Å². The summed E-state index contributed by atoms with van der Waals surface area (Å²) >= 11 is 0. The van der Waals surface area contributed by atoms with Crippen LogP contribution in [0.5, 0.6) is 0 Å². The second-order valence-corrected chi connectivity index (χ2v) is 40.2. The molecular formula is C96H182N4O8. The number of likely N-dealkylation sites (tertiary alicyclic amines) is 4. The molecule has 0 bridgehead atoms. The fourth-order valence-electron chi connectivity index (χ4n) is 20.7. The molecule has 108 heavy (non-hydrogen) atoms. The van der Waals surface area contributed by atoms with Crippen molar-refractivity contribution >= 4 is 23.9 Å². The molecule has 0 radical (unpaired) electrons. The van der Waals surface area contributed by atoms with Crippen LogP contribution in [0.4, 0.5) is 0 Å². The highest BCUT2D eigenvalue weighted by Crippen LogP contribution is 2.47. The van der Waals surface area contributed by atoms with E-state index in [2.05, 4.69) is 159 Å². The number of nitrogens with zero attached hydrogens (tertiary/aromatic N) is 4. The molecule has 0 amide bonds. The fraction of sp³-hybridized carbons (Fsp3) is 0.958. The van der Waals surface area contributed by atoms with Gasteiger partial charge in [-0.05, 0) is 137 Å². The molecule has 12 nitrogen and oxygen atoms in total. The molecule has 4 fully saturated rings. The van der Waals surface area contributed by atoms with Crippen LogP contribution in [0.1, 0.15) is 483 Å². The molecule has 634 valence electrons. The predicted octanol–water partition coefficient (Wildman–Crippen LogP) is 26.5. The molecule has 0 aromatic rings. The Hall–Kier alpha value is -2.28. The van der Waals surface area contributed by atoms with Crippen LogP contribution < -0.4 is 0 Å². The lowest BCUT2D eigenvalue weighted by molar-refractivity contribution is -0.183. The lowest BCUT2D eigenvalue weighted by Crippen LogP contribution is -2.62. The molecular weight excluding hydrogens is 1340 g/mol. The minimum atomic E-state index is -1.36. The number of hydrogen-bond acceptors (Lipinski definition) is 12. The Balaban J connectivity index is 1.71. The maximum absolute atomic E-state index is 16.1. The molecule has 4 rings (SSSR count). The van der Waals surface area contributed by atoms with Crippen LogP contribution in [-0.4, -0.2) is 140 Å². The molecule has 10 atom stereocenters. The molecule has 4 aliphatic heterocycles. The monoisotopic (exact) mass is 1520 g/mol. The molecule has 0 spiro atoms. The highest BCUT2D eigenvalue weighted by Gasteiger charge is 2.53. The topological polar surface area (TPSA) is 118 Å². The third kappa shape index (κ3) is 34.6. The number of ether oxygens (including phenoxy) is 4. The summed E-state index contributed by atoms with van der Waals surface area (Å²) < 4.78 is 27.5. The van der Waals surface area contributed by atoms with E-state index in [4.69, 9.17) is 18.9 Å². The van der Waals surface area contributed by atoms with Gasteiger partial charge in [-0.2, -0.15) is 0 Å². The second kappa shape index (κ2) is 50.3. The summed E-state index contributed by atoms with van der Waals surface area (Å²) in [7, 11) is 8.95. The van der Waals surface area contributed by atoms with Crippen LogP contribution in [0.2, 0.25) is 0 Å². The largest absolute Gasteiger partial charge is 0.462 e. The lowest BCUT2D eigenvalue weighted by atomic mass is 9.75. The summed E-state index contributed by atoms with van der Waals surface area (Å²) in [6.45, 7) is 36.6. The first-order valence-electron chi connectivity index (χ1n) is 46.9.